The Hall–Kier alpha value is -6.78. The maximum Gasteiger partial charge on any atom is 0.410 e. The minimum Gasteiger partial charge on any atom is -0.459 e. The lowest BCUT2D eigenvalue weighted by Gasteiger charge is -2.26. The number of likely N-dealkylation sites (N-methyl/N-ethyl adjacent to an activating group) is 2. The van der Waals surface area contributed by atoms with Gasteiger partial charge in [-0.1, -0.05) is 121 Å². The minimum atomic E-state index is -0.616. The number of carbonyl (C=O) groups excluding carboxylic acids is 4. The van der Waals surface area contributed by atoms with Gasteiger partial charge in [-0.05, 0) is 118 Å². The summed E-state index contributed by atoms with van der Waals surface area (Å²) >= 11 is 0. The zero-order valence-corrected chi connectivity index (χ0v) is 39.8. The van der Waals surface area contributed by atoms with Crippen LogP contribution in [0.4, 0.5) is 4.79 Å². The fourth-order valence-corrected chi connectivity index (χ4v) is 8.78. The van der Waals surface area contributed by atoms with Crippen molar-refractivity contribution >= 4 is 67.0 Å². The molecule has 66 heavy (non-hydrogen) atoms. The molecule has 7 aromatic rings. The van der Waals surface area contributed by atoms with Crippen LogP contribution in [0, 0.1) is 0 Å². The maximum atomic E-state index is 14.2. The van der Waals surface area contributed by atoms with Crippen LogP contribution < -0.4 is 5.32 Å². The van der Waals surface area contributed by atoms with Crippen molar-refractivity contribution in [2.24, 2.45) is 0 Å². The van der Waals surface area contributed by atoms with Crippen LogP contribution in [0.15, 0.2) is 121 Å². The molecule has 0 spiro atoms. The summed E-state index contributed by atoms with van der Waals surface area (Å²) in [6.45, 7) is 12.8. The average molecular weight is 887 g/mol. The molecule has 0 fully saturated rings. The minimum absolute atomic E-state index is 0.0603. The van der Waals surface area contributed by atoms with Gasteiger partial charge in [0.1, 0.15) is 11.2 Å². The molecule has 0 aliphatic carbocycles. The molecule has 10 heteroatoms. The second-order valence-electron chi connectivity index (χ2n) is 19.2. The Labute approximate surface area is 388 Å². The predicted molar refractivity (Wildman–Crippen MR) is 265 cm³/mol. The quantitative estimate of drug-likeness (QED) is 0.0856. The molecule has 7 aromatic carbocycles. The summed E-state index contributed by atoms with van der Waals surface area (Å²) in [5, 5.41) is 11.6. The van der Waals surface area contributed by atoms with Gasteiger partial charge in [0.2, 0.25) is 11.8 Å². The van der Waals surface area contributed by atoms with Crippen LogP contribution in [0.5, 0.6) is 0 Å². The van der Waals surface area contributed by atoms with E-state index in [1.807, 2.05) is 128 Å². The van der Waals surface area contributed by atoms with Crippen molar-refractivity contribution in [3.63, 3.8) is 0 Å². The Balaban J connectivity index is 1.08. The van der Waals surface area contributed by atoms with Crippen LogP contribution in [0.1, 0.15) is 74.9 Å². The van der Waals surface area contributed by atoms with Gasteiger partial charge in [0.05, 0.1) is 19.4 Å². The van der Waals surface area contributed by atoms with Crippen molar-refractivity contribution in [1.29, 1.82) is 0 Å². The lowest BCUT2D eigenvalue weighted by molar-refractivity contribution is -0.153. The third-order valence-corrected chi connectivity index (χ3v) is 11.8. The molecular weight excluding hydrogens is 825 g/mol. The summed E-state index contributed by atoms with van der Waals surface area (Å²) < 4.78 is 11.2. The highest BCUT2D eigenvalue weighted by Gasteiger charge is 2.24. The third-order valence-electron chi connectivity index (χ3n) is 11.8. The molecule has 0 saturated heterocycles. The summed E-state index contributed by atoms with van der Waals surface area (Å²) in [4.78, 5) is 59.0. The summed E-state index contributed by atoms with van der Waals surface area (Å²) in [6.07, 6.45) is -0.118. The van der Waals surface area contributed by atoms with Gasteiger partial charge in [0, 0.05) is 47.3 Å². The van der Waals surface area contributed by atoms with Gasteiger partial charge in [0.25, 0.3) is 0 Å². The van der Waals surface area contributed by atoms with E-state index in [4.69, 9.17) is 9.47 Å². The SMILES string of the molecule is CN(Cc1c2ccccc2c(CNCC(=O)OC(C)(C)C)c2ccccc12)C(=O)Cc1ccccc1CC(=O)N(C)Cc1c2ccccc2c(CN(C)C(=O)OC(C)(C)C)c2ccccc12. The van der Waals surface area contributed by atoms with Crippen LogP contribution in [0.25, 0.3) is 43.1 Å². The molecule has 0 bridgehead atoms. The number of fused-ring (bicyclic) bond motifs is 4. The first kappa shape index (κ1) is 47.2. The number of hydrogen-bond donors (Lipinski definition) is 1. The Morgan fingerprint density at radius 1 is 0.439 bits per heavy atom. The monoisotopic (exact) mass is 886 g/mol. The molecule has 3 amide bonds. The topological polar surface area (TPSA) is 108 Å². The number of nitrogens with zero attached hydrogens (tertiary/aromatic N) is 3. The van der Waals surface area contributed by atoms with E-state index in [0.29, 0.717) is 26.2 Å². The van der Waals surface area contributed by atoms with Gasteiger partial charge >= 0.3 is 12.1 Å². The fourth-order valence-electron chi connectivity index (χ4n) is 8.78. The van der Waals surface area contributed by atoms with Gasteiger partial charge in [-0.3, -0.25) is 14.4 Å². The van der Waals surface area contributed by atoms with Gasteiger partial charge < -0.3 is 29.5 Å². The first-order chi connectivity index (χ1) is 31.4. The third kappa shape index (κ3) is 11.0. The number of benzene rings is 7. The van der Waals surface area contributed by atoms with Gasteiger partial charge in [0.15, 0.2) is 0 Å². The van der Waals surface area contributed by atoms with E-state index in [2.05, 4.69) is 53.8 Å². The molecule has 0 aromatic heterocycles. The van der Waals surface area contributed by atoms with E-state index >= 15 is 0 Å². The van der Waals surface area contributed by atoms with Gasteiger partial charge in [-0.2, -0.15) is 0 Å². The van der Waals surface area contributed by atoms with E-state index in [1.54, 1.807) is 21.7 Å². The van der Waals surface area contributed by atoms with Gasteiger partial charge in [-0.25, -0.2) is 4.79 Å². The number of amides is 3. The molecule has 0 aliphatic heterocycles. The Kier molecular flexibility index (Phi) is 14.1. The Morgan fingerprint density at radius 2 is 0.742 bits per heavy atom. The Bertz CT molecular complexity index is 2830. The van der Waals surface area contributed by atoms with Gasteiger partial charge in [-0.15, -0.1) is 0 Å². The number of carbonyl (C=O) groups is 4. The van der Waals surface area contributed by atoms with Crippen molar-refractivity contribution in [2.75, 3.05) is 27.7 Å². The second-order valence-corrected chi connectivity index (χ2v) is 19.2. The smallest absolute Gasteiger partial charge is 0.410 e. The maximum absolute atomic E-state index is 14.2. The molecule has 342 valence electrons. The average Bonchev–Trinajstić information content (AvgIpc) is 3.27. The molecule has 0 atom stereocenters. The molecule has 1 N–H and O–H groups in total. The van der Waals surface area contributed by atoms with Crippen molar-refractivity contribution in [2.45, 2.75) is 91.8 Å². The lowest BCUT2D eigenvalue weighted by atomic mass is 9.91. The number of hydrogen-bond acceptors (Lipinski definition) is 7. The normalized spacial score (nSPS) is 11.8. The molecule has 0 saturated carbocycles. The molecule has 0 unspecified atom stereocenters. The zero-order chi connectivity index (χ0) is 47.3. The lowest BCUT2D eigenvalue weighted by Crippen LogP contribution is -2.34. The van der Waals surface area contributed by atoms with E-state index in [9.17, 15) is 19.2 Å². The molecule has 0 heterocycles. The highest BCUT2D eigenvalue weighted by molar-refractivity contribution is 6.07. The largest absolute Gasteiger partial charge is 0.459 e. The van der Waals surface area contributed by atoms with Crippen molar-refractivity contribution in [1.82, 2.24) is 20.0 Å². The molecule has 0 aliphatic rings. The highest BCUT2D eigenvalue weighted by Crippen LogP contribution is 2.36. The van der Waals surface area contributed by atoms with E-state index in [0.717, 1.165) is 76.5 Å². The number of esters is 1. The van der Waals surface area contributed by atoms with Crippen molar-refractivity contribution in [3.8, 4) is 0 Å². The van der Waals surface area contributed by atoms with E-state index in [-0.39, 0.29) is 37.2 Å². The molecule has 7 rings (SSSR count). The molecular formula is C56H62N4O6. The standard InChI is InChI=1S/C56H62N4O6/c1-55(2,3)65-53(63)33-57-32-47-39-22-12-14-24-41(39)48(42-25-15-13-23-40(42)47)34-58(7)51(61)30-37-20-10-11-21-38(37)31-52(62)59(8)35-49-43-26-16-18-28-45(43)50(46-29-19-17-27-44(46)49)36-60(9)54(64)66-56(4,5)6/h10-29,57H,30-36H2,1-9H3. The Morgan fingerprint density at radius 3 is 1.08 bits per heavy atom. The number of nitrogens with one attached hydrogen (secondary N) is 1. The van der Waals surface area contributed by atoms with Crippen molar-refractivity contribution in [3.05, 3.63) is 155 Å². The molecule has 10 nitrogen and oxygen atoms in total. The van der Waals surface area contributed by atoms with Crippen LogP contribution in [-0.2, 0) is 62.9 Å². The predicted octanol–water partition coefficient (Wildman–Crippen LogP) is 10.5. The summed E-state index contributed by atoms with van der Waals surface area (Å²) in [5.74, 6) is -0.434. The van der Waals surface area contributed by atoms with Crippen LogP contribution in [-0.4, -0.2) is 77.5 Å². The summed E-state index contributed by atoms with van der Waals surface area (Å²) in [7, 11) is 5.41. The second kappa shape index (κ2) is 19.8. The van der Waals surface area contributed by atoms with Crippen LogP contribution >= 0.6 is 0 Å². The van der Waals surface area contributed by atoms with Crippen molar-refractivity contribution < 1.29 is 28.7 Å². The van der Waals surface area contributed by atoms with Crippen LogP contribution in [0.2, 0.25) is 0 Å². The van der Waals surface area contributed by atoms with E-state index in [1.165, 1.54) is 0 Å². The zero-order valence-electron chi connectivity index (χ0n) is 39.8. The first-order valence-corrected chi connectivity index (χ1v) is 22.6. The fraction of sp³-hybridized carbons (Fsp3) is 0.321. The van der Waals surface area contributed by atoms with Crippen LogP contribution in [0.3, 0.4) is 0 Å². The number of ether oxygens (including phenoxy) is 2. The number of rotatable bonds is 14. The highest BCUT2D eigenvalue weighted by atomic mass is 16.6. The first-order valence-electron chi connectivity index (χ1n) is 22.6. The van der Waals surface area contributed by atoms with E-state index < -0.39 is 17.3 Å². The molecule has 0 radical (unpaired) electrons. The summed E-state index contributed by atoms with van der Waals surface area (Å²) in [5.41, 5.74) is 4.60. The summed E-state index contributed by atoms with van der Waals surface area (Å²) in [6, 6.07) is 40.4.